The van der Waals surface area contributed by atoms with Gasteiger partial charge in [-0.15, -0.1) is 0 Å². The van der Waals surface area contributed by atoms with Crippen molar-refractivity contribution in [3.05, 3.63) is 81.5 Å². The SMILES string of the molecule is CC1=NN(c2ccc(C(=O)O)cc2)C(=O)/C1=C\c1ccc(-c2ccc(Cl)c(Cl)c2)o1. The van der Waals surface area contributed by atoms with Crippen LogP contribution in [0.1, 0.15) is 23.0 Å². The molecule has 2 aromatic carbocycles. The summed E-state index contributed by atoms with van der Waals surface area (Å²) < 4.78 is 5.84. The molecule has 0 bridgehead atoms. The Hall–Kier alpha value is -3.35. The summed E-state index contributed by atoms with van der Waals surface area (Å²) in [6, 6.07) is 14.6. The number of halogens is 2. The topological polar surface area (TPSA) is 83.1 Å². The molecule has 0 saturated carbocycles. The van der Waals surface area contributed by atoms with E-state index in [2.05, 4.69) is 5.10 Å². The molecule has 6 nitrogen and oxygen atoms in total. The second kappa shape index (κ2) is 7.82. The highest BCUT2D eigenvalue weighted by Crippen LogP contribution is 2.31. The Kier molecular flexibility index (Phi) is 5.20. The first-order valence-electron chi connectivity index (χ1n) is 8.84. The third kappa shape index (κ3) is 3.75. The van der Waals surface area contributed by atoms with E-state index in [0.29, 0.717) is 38.5 Å². The van der Waals surface area contributed by atoms with Crippen molar-refractivity contribution < 1.29 is 19.1 Å². The first-order valence-corrected chi connectivity index (χ1v) is 9.59. The number of hydrogen-bond acceptors (Lipinski definition) is 4. The van der Waals surface area contributed by atoms with Crippen LogP contribution in [-0.2, 0) is 4.79 Å². The van der Waals surface area contributed by atoms with Crippen molar-refractivity contribution in [1.82, 2.24) is 0 Å². The zero-order valence-corrected chi connectivity index (χ0v) is 17.1. The van der Waals surface area contributed by atoms with Gasteiger partial charge in [-0.3, -0.25) is 4.79 Å². The van der Waals surface area contributed by atoms with E-state index in [1.807, 2.05) is 0 Å². The summed E-state index contributed by atoms with van der Waals surface area (Å²) in [5.74, 6) is -0.299. The lowest BCUT2D eigenvalue weighted by molar-refractivity contribution is -0.114. The van der Waals surface area contributed by atoms with Crippen LogP contribution < -0.4 is 5.01 Å². The Balaban J connectivity index is 1.59. The number of nitrogens with zero attached hydrogens (tertiary/aromatic N) is 2. The molecule has 0 atom stereocenters. The Morgan fingerprint density at radius 2 is 1.80 bits per heavy atom. The monoisotopic (exact) mass is 440 g/mol. The number of carbonyl (C=O) groups is 2. The van der Waals surface area contributed by atoms with Crippen LogP contribution in [0.25, 0.3) is 17.4 Å². The van der Waals surface area contributed by atoms with Crippen molar-refractivity contribution in [2.45, 2.75) is 6.92 Å². The molecular formula is C22H14Cl2N2O4. The molecule has 0 fully saturated rings. The number of amides is 1. The lowest BCUT2D eigenvalue weighted by Gasteiger charge is -2.11. The summed E-state index contributed by atoms with van der Waals surface area (Å²) in [5, 5.41) is 15.4. The molecule has 3 aromatic rings. The number of hydrogen-bond donors (Lipinski definition) is 1. The summed E-state index contributed by atoms with van der Waals surface area (Å²) in [6.45, 7) is 1.72. The van der Waals surface area contributed by atoms with E-state index in [0.717, 1.165) is 5.56 Å². The summed E-state index contributed by atoms with van der Waals surface area (Å²) in [6.07, 6.45) is 1.62. The van der Waals surface area contributed by atoms with Crippen molar-refractivity contribution >= 4 is 52.6 Å². The van der Waals surface area contributed by atoms with E-state index in [1.54, 1.807) is 43.3 Å². The Bertz CT molecular complexity index is 1230. The summed E-state index contributed by atoms with van der Waals surface area (Å²) >= 11 is 12.0. The van der Waals surface area contributed by atoms with Crippen LogP contribution >= 0.6 is 23.2 Å². The highest BCUT2D eigenvalue weighted by molar-refractivity contribution is 6.42. The van der Waals surface area contributed by atoms with Crippen LogP contribution in [0.2, 0.25) is 10.0 Å². The highest BCUT2D eigenvalue weighted by atomic mass is 35.5. The Morgan fingerprint density at radius 1 is 1.07 bits per heavy atom. The predicted molar refractivity (Wildman–Crippen MR) is 116 cm³/mol. The second-order valence-electron chi connectivity index (χ2n) is 6.54. The number of anilines is 1. The Morgan fingerprint density at radius 3 is 2.47 bits per heavy atom. The second-order valence-corrected chi connectivity index (χ2v) is 7.36. The van der Waals surface area contributed by atoms with Crippen molar-refractivity contribution in [2.24, 2.45) is 5.10 Å². The van der Waals surface area contributed by atoms with Crippen molar-refractivity contribution in [3.8, 4) is 11.3 Å². The van der Waals surface area contributed by atoms with Gasteiger partial charge in [-0.05, 0) is 67.6 Å². The van der Waals surface area contributed by atoms with Crippen molar-refractivity contribution in [2.75, 3.05) is 5.01 Å². The summed E-state index contributed by atoms with van der Waals surface area (Å²) in [5.41, 5.74) is 2.27. The van der Waals surface area contributed by atoms with E-state index < -0.39 is 5.97 Å². The molecule has 1 aliphatic rings. The number of rotatable bonds is 4. The van der Waals surface area contributed by atoms with Crippen LogP contribution in [-0.4, -0.2) is 22.7 Å². The maximum Gasteiger partial charge on any atom is 0.335 e. The van der Waals surface area contributed by atoms with Crippen LogP contribution in [0.4, 0.5) is 5.69 Å². The van der Waals surface area contributed by atoms with Crippen LogP contribution in [0.15, 0.2) is 69.7 Å². The number of hydrazone groups is 1. The molecule has 1 aromatic heterocycles. The van der Waals surface area contributed by atoms with E-state index in [1.165, 1.54) is 29.3 Å². The van der Waals surface area contributed by atoms with E-state index in [4.69, 9.17) is 32.7 Å². The first-order chi connectivity index (χ1) is 14.3. The molecule has 30 heavy (non-hydrogen) atoms. The van der Waals surface area contributed by atoms with Crippen LogP contribution in [0, 0.1) is 0 Å². The molecule has 1 N–H and O–H groups in total. The highest BCUT2D eigenvalue weighted by Gasteiger charge is 2.29. The van der Waals surface area contributed by atoms with Gasteiger partial charge in [-0.2, -0.15) is 10.1 Å². The third-order valence-corrected chi connectivity index (χ3v) is 5.28. The molecule has 0 spiro atoms. The summed E-state index contributed by atoms with van der Waals surface area (Å²) in [7, 11) is 0. The standard InChI is InChI=1S/C22H14Cl2N2O4/c1-12-17(21(27)26(25-12)15-5-2-13(3-6-15)22(28)29)11-16-7-9-20(30-16)14-4-8-18(23)19(24)10-14/h2-11H,1H3,(H,28,29)/b17-11-. The van der Waals surface area contributed by atoms with Gasteiger partial charge in [-0.25, -0.2) is 4.79 Å². The fraction of sp³-hybridized carbons (Fsp3) is 0.0455. The predicted octanol–water partition coefficient (Wildman–Crippen LogP) is 5.76. The van der Waals surface area contributed by atoms with Gasteiger partial charge in [0, 0.05) is 5.56 Å². The minimum atomic E-state index is -1.04. The quantitative estimate of drug-likeness (QED) is 0.522. The molecule has 2 heterocycles. The number of aromatic carboxylic acids is 1. The van der Waals surface area contributed by atoms with Gasteiger partial charge in [0.1, 0.15) is 11.5 Å². The fourth-order valence-corrected chi connectivity index (χ4v) is 3.28. The zero-order valence-electron chi connectivity index (χ0n) is 15.6. The van der Waals surface area contributed by atoms with Gasteiger partial charge in [0.05, 0.1) is 32.6 Å². The number of carboxylic acid groups (broad SMARTS) is 1. The minimum Gasteiger partial charge on any atom is -0.478 e. The molecule has 0 aliphatic carbocycles. The van der Waals surface area contributed by atoms with Gasteiger partial charge in [-0.1, -0.05) is 23.2 Å². The van der Waals surface area contributed by atoms with Gasteiger partial charge in [0.25, 0.3) is 5.91 Å². The van der Waals surface area contributed by atoms with Crippen LogP contribution in [0.3, 0.4) is 0 Å². The molecular weight excluding hydrogens is 427 g/mol. The average molecular weight is 441 g/mol. The molecule has 1 amide bonds. The number of benzene rings is 2. The molecule has 0 saturated heterocycles. The molecule has 4 rings (SSSR count). The van der Waals surface area contributed by atoms with Gasteiger partial charge < -0.3 is 9.52 Å². The average Bonchev–Trinajstić information content (AvgIpc) is 3.30. The van der Waals surface area contributed by atoms with E-state index >= 15 is 0 Å². The lowest BCUT2D eigenvalue weighted by atomic mass is 10.1. The summed E-state index contributed by atoms with van der Waals surface area (Å²) in [4.78, 5) is 23.9. The number of carbonyl (C=O) groups excluding carboxylic acids is 1. The van der Waals surface area contributed by atoms with E-state index in [9.17, 15) is 9.59 Å². The zero-order chi connectivity index (χ0) is 21.4. The molecule has 8 heteroatoms. The number of carboxylic acids is 1. The largest absolute Gasteiger partial charge is 0.478 e. The molecule has 0 radical (unpaired) electrons. The first kappa shape index (κ1) is 19.9. The molecule has 150 valence electrons. The number of furan rings is 1. The molecule has 0 unspecified atom stereocenters. The van der Waals surface area contributed by atoms with Gasteiger partial charge in [0.15, 0.2) is 0 Å². The minimum absolute atomic E-state index is 0.132. The van der Waals surface area contributed by atoms with Crippen molar-refractivity contribution in [1.29, 1.82) is 0 Å². The van der Waals surface area contributed by atoms with Crippen molar-refractivity contribution in [3.63, 3.8) is 0 Å². The van der Waals surface area contributed by atoms with Crippen LogP contribution in [0.5, 0.6) is 0 Å². The normalized spacial score (nSPS) is 15.0. The smallest absolute Gasteiger partial charge is 0.335 e. The lowest BCUT2D eigenvalue weighted by Crippen LogP contribution is -2.21. The third-order valence-electron chi connectivity index (χ3n) is 4.54. The Labute approximate surface area is 181 Å². The van der Waals surface area contributed by atoms with E-state index in [-0.39, 0.29) is 11.5 Å². The fourth-order valence-electron chi connectivity index (χ4n) is 2.98. The van der Waals surface area contributed by atoms with Gasteiger partial charge in [0.2, 0.25) is 0 Å². The maximum absolute atomic E-state index is 12.9. The maximum atomic E-state index is 12.9. The molecule has 1 aliphatic heterocycles. The van der Waals surface area contributed by atoms with Gasteiger partial charge >= 0.3 is 5.97 Å².